The number of nitrogens with zero attached hydrogens (tertiary/aromatic N) is 1. The summed E-state index contributed by atoms with van der Waals surface area (Å²) in [5.41, 5.74) is -0.337. The first-order valence-electron chi connectivity index (χ1n) is 8.23. The molecule has 0 aliphatic carbocycles. The highest BCUT2D eigenvalue weighted by molar-refractivity contribution is 7.88. The fourth-order valence-corrected chi connectivity index (χ4v) is 4.41. The van der Waals surface area contributed by atoms with Crippen molar-refractivity contribution in [3.63, 3.8) is 0 Å². The predicted molar refractivity (Wildman–Crippen MR) is 88.3 cm³/mol. The molecule has 1 atom stereocenters. The van der Waals surface area contributed by atoms with Crippen LogP contribution >= 0.6 is 0 Å². The van der Waals surface area contributed by atoms with Crippen molar-refractivity contribution in [3.05, 3.63) is 23.7 Å². The maximum atomic E-state index is 12.4. The van der Waals surface area contributed by atoms with E-state index in [0.29, 0.717) is 51.1 Å². The lowest BCUT2D eigenvalue weighted by Gasteiger charge is -2.46. The molecular weight excluding hydrogens is 332 g/mol. The van der Waals surface area contributed by atoms with Gasteiger partial charge in [0.15, 0.2) is 5.76 Å². The van der Waals surface area contributed by atoms with Gasteiger partial charge in [-0.05, 0) is 44.7 Å². The van der Waals surface area contributed by atoms with Gasteiger partial charge in [-0.1, -0.05) is 0 Å². The van der Waals surface area contributed by atoms with E-state index in [1.54, 1.807) is 17.0 Å². The van der Waals surface area contributed by atoms with E-state index in [-0.39, 0.29) is 17.6 Å². The average Bonchev–Trinajstić information content (AvgIpc) is 2.92. The highest BCUT2D eigenvalue weighted by Gasteiger charge is 2.42. The van der Waals surface area contributed by atoms with Crippen LogP contribution in [0.1, 0.15) is 42.0 Å². The smallest absolute Gasteiger partial charge is 0.289 e. The van der Waals surface area contributed by atoms with Crippen LogP contribution in [0.5, 0.6) is 0 Å². The molecule has 1 aromatic heterocycles. The highest BCUT2D eigenvalue weighted by atomic mass is 32.2. The third-order valence-electron chi connectivity index (χ3n) is 4.79. The molecule has 2 fully saturated rings. The molecule has 0 bridgehead atoms. The molecule has 7 nitrogen and oxygen atoms in total. The van der Waals surface area contributed by atoms with E-state index < -0.39 is 10.0 Å². The number of carbonyl (C=O) groups is 1. The maximum absolute atomic E-state index is 12.4. The Morgan fingerprint density at radius 1 is 1.33 bits per heavy atom. The molecule has 134 valence electrons. The van der Waals surface area contributed by atoms with Gasteiger partial charge in [-0.2, -0.15) is 0 Å². The number of nitrogens with one attached hydrogen (secondary N) is 1. The summed E-state index contributed by atoms with van der Waals surface area (Å²) < 4.78 is 37.0. The number of rotatable bonds is 3. The summed E-state index contributed by atoms with van der Waals surface area (Å²) in [6.45, 7) is 3.53. The minimum Gasteiger partial charge on any atom is -0.456 e. The van der Waals surface area contributed by atoms with Crippen molar-refractivity contribution in [2.24, 2.45) is 0 Å². The normalized spacial score (nSPS) is 24.2. The molecule has 0 aromatic carbocycles. The SMILES string of the molecule is Cc1ccc(C(=O)N2CCC3(CC2)C[C@H](NS(C)(=O)=O)CCO3)o1. The Kier molecular flexibility index (Phi) is 4.72. The molecule has 24 heavy (non-hydrogen) atoms. The second-order valence-electron chi connectivity index (χ2n) is 6.81. The second kappa shape index (κ2) is 6.50. The molecule has 1 N–H and O–H groups in total. The first-order valence-corrected chi connectivity index (χ1v) is 10.1. The van der Waals surface area contributed by atoms with Gasteiger partial charge >= 0.3 is 0 Å². The monoisotopic (exact) mass is 356 g/mol. The highest BCUT2D eigenvalue weighted by Crippen LogP contribution is 2.35. The fraction of sp³-hybridized carbons (Fsp3) is 0.688. The molecule has 0 radical (unpaired) electrons. The molecule has 1 amide bonds. The van der Waals surface area contributed by atoms with Crippen LogP contribution in [0.25, 0.3) is 0 Å². The van der Waals surface area contributed by atoms with Crippen molar-refractivity contribution < 1.29 is 22.4 Å². The summed E-state index contributed by atoms with van der Waals surface area (Å²) >= 11 is 0. The van der Waals surface area contributed by atoms with E-state index in [2.05, 4.69) is 4.72 Å². The van der Waals surface area contributed by atoms with Crippen molar-refractivity contribution in [2.75, 3.05) is 26.0 Å². The van der Waals surface area contributed by atoms with E-state index in [1.807, 2.05) is 6.92 Å². The summed E-state index contributed by atoms with van der Waals surface area (Å²) in [5, 5.41) is 0. The number of sulfonamides is 1. The number of likely N-dealkylation sites (tertiary alicyclic amines) is 1. The summed E-state index contributed by atoms with van der Waals surface area (Å²) in [5.74, 6) is 0.987. The Balaban J connectivity index is 1.60. The summed E-state index contributed by atoms with van der Waals surface area (Å²) in [7, 11) is -3.22. The zero-order valence-corrected chi connectivity index (χ0v) is 14.9. The molecular formula is C16H24N2O5S. The van der Waals surface area contributed by atoms with Crippen LogP contribution in [0.15, 0.2) is 16.5 Å². The lowest BCUT2D eigenvalue weighted by atomic mass is 9.82. The number of furan rings is 1. The standard InChI is InChI=1S/C16H24N2O5S/c1-12-3-4-14(23-12)15(19)18-8-6-16(7-9-18)11-13(5-10-22-16)17-24(2,20)21/h3-4,13,17H,5-11H2,1-2H3/t13-/m1/s1. The van der Waals surface area contributed by atoms with Crippen LogP contribution in [0.3, 0.4) is 0 Å². The van der Waals surface area contributed by atoms with Crippen molar-refractivity contribution in [3.8, 4) is 0 Å². The minimum atomic E-state index is -3.22. The topological polar surface area (TPSA) is 88.9 Å². The largest absolute Gasteiger partial charge is 0.456 e. The fourth-order valence-electron chi connectivity index (χ4n) is 3.60. The van der Waals surface area contributed by atoms with Crippen LogP contribution in [-0.4, -0.2) is 56.8 Å². The number of carbonyl (C=O) groups excluding carboxylic acids is 1. The van der Waals surface area contributed by atoms with E-state index >= 15 is 0 Å². The van der Waals surface area contributed by atoms with Gasteiger partial charge < -0.3 is 14.1 Å². The Labute approximate surface area is 142 Å². The molecule has 3 heterocycles. The lowest BCUT2D eigenvalue weighted by Crippen LogP contribution is -2.54. The molecule has 2 saturated heterocycles. The Bertz CT molecular complexity index is 704. The van der Waals surface area contributed by atoms with Gasteiger partial charge in [0.1, 0.15) is 5.76 Å². The van der Waals surface area contributed by atoms with Crippen LogP contribution in [0.2, 0.25) is 0 Å². The van der Waals surface area contributed by atoms with Crippen LogP contribution in [0.4, 0.5) is 0 Å². The zero-order chi connectivity index (χ0) is 17.4. The quantitative estimate of drug-likeness (QED) is 0.882. The average molecular weight is 356 g/mol. The van der Waals surface area contributed by atoms with Crippen molar-refractivity contribution in [1.29, 1.82) is 0 Å². The van der Waals surface area contributed by atoms with Crippen molar-refractivity contribution in [1.82, 2.24) is 9.62 Å². The van der Waals surface area contributed by atoms with Crippen LogP contribution in [0, 0.1) is 6.92 Å². The molecule has 2 aliphatic heterocycles. The van der Waals surface area contributed by atoms with Crippen LogP contribution < -0.4 is 4.72 Å². The van der Waals surface area contributed by atoms with Gasteiger partial charge in [-0.25, -0.2) is 13.1 Å². The van der Waals surface area contributed by atoms with Gasteiger partial charge in [0.25, 0.3) is 5.91 Å². The molecule has 3 rings (SSSR count). The van der Waals surface area contributed by atoms with Gasteiger partial charge in [0, 0.05) is 25.7 Å². The summed E-state index contributed by atoms with van der Waals surface area (Å²) in [4.78, 5) is 14.2. The molecule has 1 aromatic rings. The number of hydrogen-bond acceptors (Lipinski definition) is 5. The molecule has 0 unspecified atom stereocenters. The van der Waals surface area contributed by atoms with Gasteiger partial charge in [0.2, 0.25) is 10.0 Å². The Morgan fingerprint density at radius 3 is 2.62 bits per heavy atom. The van der Waals surface area contributed by atoms with Crippen molar-refractivity contribution >= 4 is 15.9 Å². The molecule has 0 saturated carbocycles. The number of amides is 1. The summed E-state index contributed by atoms with van der Waals surface area (Å²) in [6.07, 6.45) is 3.94. The Morgan fingerprint density at radius 2 is 2.04 bits per heavy atom. The van der Waals surface area contributed by atoms with Gasteiger partial charge in [-0.3, -0.25) is 4.79 Å². The number of ether oxygens (including phenoxy) is 1. The van der Waals surface area contributed by atoms with Gasteiger partial charge in [0.05, 0.1) is 11.9 Å². The third-order valence-corrected chi connectivity index (χ3v) is 5.55. The third kappa shape index (κ3) is 3.99. The number of hydrogen-bond donors (Lipinski definition) is 1. The molecule has 1 spiro atoms. The van der Waals surface area contributed by atoms with E-state index in [4.69, 9.17) is 9.15 Å². The molecule has 8 heteroatoms. The minimum absolute atomic E-state index is 0.0938. The second-order valence-corrected chi connectivity index (χ2v) is 8.59. The Hall–Kier alpha value is -1.38. The first-order chi connectivity index (χ1) is 11.3. The van der Waals surface area contributed by atoms with Gasteiger partial charge in [-0.15, -0.1) is 0 Å². The molecule has 2 aliphatic rings. The van der Waals surface area contributed by atoms with Crippen LogP contribution in [-0.2, 0) is 14.8 Å². The first kappa shape index (κ1) is 17.4. The lowest BCUT2D eigenvalue weighted by molar-refractivity contribution is -0.113. The number of piperidine rings is 1. The van der Waals surface area contributed by atoms with E-state index in [0.717, 1.165) is 5.76 Å². The van der Waals surface area contributed by atoms with E-state index in [9.17, 15) is 13.2 Å². The predicted octanol–water partition coefficient (Wildman–Crippen LogP) is 1.29. The number of aryl methyl sites for hydroxylation is 1. The van der Waals surface area contributed by atoms with Crippen molar-refractivity contribution in [2.45, 2.75) is 44.2 Å². The maximum Gasteiger partial charge on any atom is 0.289 e. The summed E-state index contributed by atoms with van der Waals surface area (Å²) in [6, 6.07) is 3.39. The zero-order valence-electron chi connectivity index (χ0n) is 14.1. The van der Waals surface area contributed by atoms with E-state index in [1.165, 1.54) is 6.26 Å².